The molecular formula is C14H18ClFN2O. The van der Waals surface area contributed by atoms with Crippen molar-refractivity contribution in [1.29, 1.82) is 0 Å². The first-order valence-electron chi connectivity index (χ1n) is 6.54. The zero-order valence-corrected chi connectivity index (χ0v) is 11.5. The van der Waals surface area contributed by atoms with Crippen molar-refractivity contribution in [3.05, 3.63) is 34.6 Å². The molecule has 0 aliphatic carbocycles. The van der Waals surface area contributed by atoms with Crippen LogP contribution >= 0.6 is 11.6 Å². The van der Waals surface area contributed by atoms with Crippen molar-refractivity contribution in [1.82, 2.24) is 10.2 Å². The topological polar surface area (TPSA) is 32.3 Å². The predicted molar refractivity (Wildman–Crippen MR) is 74.0 cm³/mol. The molecule has 1 saturated heterocycles. The Hall–Kier alpha value is -0.970. The molecule has 0 radical (unpaired) electrons. The summed E-state index contributed by atoms with van der Waals surface area (Å²) in [5, 5.41) is 3.64. The number of rotatable bonds is 4. The van der Waals surface area contributed by atoms with E-state index in [1.807, 2.05) is 0 Å². The van der Waals surface area contributed by atoms with E-state index in [2.05, 4.69) is 10.2 Å². The quantitative estimate of drug-likeness (QED) is 0.916. The Morgan fingerprint density at radius 1 is 1.37 bits per heavy atom. The number of hydrogen-bond donors (Lipinski definition) is 1. The summed E-state index contributed by atoms with van der Waals surface area (Å²) in [5.74, 6) is -0.360. The van der Waals surface area contributed by atoms with Crippen LogP contribution in [0.15, 0.2) is 18.2 Å². The first-order chi connectivity index (χ1) is 9.15. The van der Waals surface area contributed by atoms with Crippen molar-refractivity contribution in [3.8, 4) is 0 Å². The van der Waals surface area contributed by atoms with Crippen LogP contribution in [0.3, 0.4) is 0 Å². The lowest BCUT2D eigenvalue weighted by Gasteiger charge is -2.18. The number of nitrogens with one attached hydrogen (secondary N) is 1. The lowest BCUT2D eigenvalue weighted by Crippen LogP contribution is -2.33. The minimum absolute atomic E-state index is 0.0446. The van der Waals surface area contributed by atoms with Gasteiger partial charge >= 0.3 is 0 Å². The summed E-state index contributed by atoms with van der Waals surface area (Å²) in [5.41, 5.74) is 0.419. The molecule has 0 amide bonds. The number of nitrogens with zero attached hydrogens (tertiary/aromatic N) is 1. The van der Waals surface area contributed by atoms with E-state index in [-0.39, 0.29) is 12.2 Å². The van der Waals surface area contributed by atoms with E-state index < -0.39 is 5.82 Å². The predicted octanol–water partition coefficient (Wildman–Crippen LogP) is 1.89. The van der Waals surface area contributed by atoms with Crippen molar-refractivity contribution in [3.63, 3.8) is 0 Å². The zero-order valence-electron chi connectivity index (χ0n) is 10.8. The average molecular weight is 285 g/mol. The van der Waals surface area contributed by atoms with E-state index in [1.165, 1.54) is 6.07 Å². The normalized spacial score (nSPS) is 17.2. The summed E-state index contributed by atoms with van der Waals surface area (Å²) in [7, 11) is 0. The number of halogens is 2. The molecule has 0 saturated carbocycles. The monoisotopic (exact) mass is 284 g/mol. The maximum atomic E-state index is 13.6. The van der Waals surface area contributed by atoms with Crippen LogP contribution in [0, 0.1) is 5.82 Å². The van der Waals surface area contributed by atoms with E-state index in [0.29, 0.717) is 17.1 Å². The van der Waals surface area contributed by atoms with Gasteiger partial charge in [0.05, 0.1) is 6.54 Å². The van der Waals surface area contributed by atoms with Gasteiger partial charge in [-0.15, -0.1) is 0 Å². The van der Waals surface area contributed by atoms with Crippen LogP contribution in [0.2, 0.25) is 5.02 Å². The number of benzene rings is 1. The molecule has 1 heterocycles. The molecule has 3 nitrogen and oxygen atoms in total. The smallest absolute Gasteiger partial charge is 0.151 e. The largest absolute Gasteiger partial charge is 0.315 e. The van der Waals surface area contributed by atoms with Crippen LogP contribution in [0.5, 0.6) is 0 Å². The highest BCUT2D eigenvalue weighted by Crippen LogP contribution is 2.15. The van der Waals surface area contributed by atoms with Crippen LogP contribution in [0.1, 0.15) is 12.0 Å². The fourth-order valence-electron chi connectivity index (χ4n) is 2.24. The Labute approximate surface area is 117 Å². The first kappa shape index (κ1) is 14.4. The Morgan fingerprint density at radius 3 is 3.00 bits per heavy atom. The minimum Gasteiger partial charge on any atom is -0.315 e. The van der Waals surface area contributed by atoms with Gasteiger partial charge in [-0.05, 0) is 37.2 Å². The maximum absolute atomic E-state index is 13.6. The van der Waals surface area contributed by atoms with Gasteiger partial charge in [-0.3, -0.25) is 9.69 Å². The fourth-order valence-corrected chi connectivity index (χ4v) is 2.40. The van der Waals surface area contributed by atoms with Gasteiger partial charge in [0, 0.05) is 24.5 Å². The van der Waals surface area contributed by atoms with E-state index in [1.54, 1.807) is 12.1 Å². The van der Waals surface area contributed by atoms with Gasteiger partial charge < -0.3 is 5.32 Å². The van der Waals surface area contributed by atoms with Crippen molar-refractivity contribution in [2.45, 2.75) is 12.8 Å². The van der Waals surface area contributed by atoms with Gasteiger partial charge in [-0.2, -0.15) is 0 Å². The van der Waals surface area contributed by atoms with Gasteiger partial charge in [0.2, 0.25) is 0 Å². The molecule has 2 rings (SSSR count). The zero-order chi connectivity index (χ0) is 13.7. The number of carbonyl (C=O) groups is 1. The molecule has 0 bridgehead atoms. The summed E-state index contributed by atoms with van der Waals surface area (Å²) in [4.78, 5) is 14.1. The Bertz CT molecular complexity index is 445. The number of carbonyl (C=O) groups excluding carboxylic acids is 1. The van der Waals surface area contributed by atoms with Crippen LogP contribution in [0.25, 0.3) is 0 Å². The lowest BCUT2D eigenvalue weighted by atomic mass is 10.1. The third kappa shape index (κ3) is 4.56. The van der Waals surface area contributed by atoms with Gasteiger partial charge in [0.1, 0.15) is 5.82 Å². The molecule has 0 unspecified atom stereocenters. The highest BCUT2D eigenvalue weighted by atomic mass is 35.5. The molecule has 1 N–H and O–H groups in total. The number of hydrogen-bond acceptors (Lipinski definition) is 3. The Balaban J connectivity index is 1.89. The van der Waals surface area contributed by atoms with E-state index in [4.69, 9.17) is 11.6 Å². The van der Waals surface area contributed by atoms with E-state index >= 15 is 0 Å². The van der Waals surface area contributed by atoms with Gasteiger partial charge in [0.25, 0.3) is 0 Å². The molecule has 1 fully saturated rings. The first-order valence-corrected chi connectivity index (χ1v) is 6.91. The number of Topliss-reactive ketones (excluding diaryl/α,β-unsaturated/α-hetero) is 1. The summed E-state index contributed by atoms with van der Waals surface area (Å²) >= 11 is 5.69. The molecule has 0 atom stereocenters. The van der Waals surface area contributed by atoms with Gasteiger partial charge in [0.15, 0.2) is 5.78 Å². The van der Waals surface area contributed by atoms with Crippen LogP contribution < -0.4 is 5.32 Å². The molecule has 1 aliphatic heterocycles. The minimum atomic E-state index is -0.404. The summed E-state index contributed by atoms with van der Waals surface area (Å²) in [6.45, 7) is 4.08. The standard InChI is InChI=1S/C14H18ClFN2O/c15-12-3-2-11(14(16)9-12)8-13(19)10-18-6-1-4-17-5-7-18/h2-3,9,17H,1,4-8,10H2. The highest BCUT2D eigenvalue weighted by Gasteiger charge is 2.14. The summed E-state index contributed by atoms with van der Waals surface area (Å²) in [6.07, 6.45) is 1.18. The summed E-state index contributed by atoms with van der Waals surface area (Å²) < 4.78 is 13.6. The van der Waals surface area contributed by atoms with Crippen LogP contribution in [-0.4, -0.2) is 43.4 Å². The summed E-state index contributed by atoms with van der Waals surface area (Å²) in [6, 6.07) is 4.45. The Morgan fingerprint density at radius 2 is 2.21 bits per heavy atom. The molecule has 1 aliphatic rings. The molecule has 104 valence electrons. The highest BCUT2D eigenvalue weighted by molar-refractivity contribution is 6.30. The lowest BCUT2D eigenvalue weighted by molar-refractivity contribution is -0.119. The molecular weight excluding hydrogens is 267 g/mol. The molecule has 1 aromatic carbocycles. The van der Waals surface area contributed by atoms with Gasteiger partial charge in [-0.25, -0.2) is 4.39 Å². The molecule has 0 aromatic heterocycles. The molecule has 1 aromatic rings. The third-order valence-electron chi connectivity index (χ3n) is 3.24. The second-order valence-corrected chi connectivity index (χ2v) is 5.27. The molecule has 19 heavy (non-hydrogen) atoms. The van der Waals surface area contributed by atoms with E-state index in [9.17, 15) is 9.18 Å². The SMILES string of the molecule is O=C(Cc1ccc(Cl)cc1F)CN1CCCNCC1. The van der Waals surface area contributed by atoms with Crippen LogP contribution in [-0.2, 0) is 11.2 Å². The number of ketones is 1. The average Bonchev–Trinajstić information content (AvgIpc) is 2.61. The fraction of sp³-hybridized carbons (Fsp3) is 0.500. The van der Waals surface area contributed by atoms with Crippen molar-refractivity contribution < 1.29 is 9.18 Å². The maximum Gasteiger partial charge on any atom is 0.151 e. The second-order valence-electron chi connectivity index (χ2n) is 4.83. The van der Waals surface area contributed by atoms with Crippen LogP contribution in [0.4, 0.5) is 4.39 Å². The molecule has 0 spiro atoms. The third-order valence-corrected chi connectivity index (χ3v) is 3.47. The van der Waals surface area contributed by atoms with E-state index in [0.717, 1.165) is 32.6 Å². The van der Waals surface area contributed by atoms with Crippen molar-refractivity contribution in [2.75, 3.05) is 32.7 Å². The Kier molecular flexibility index (Phi) is 5.31. The second kappa shape index (κ2) is 6.98. The van der Waals surface area contributed by atoms with Crippen molar-refractivity contribution in [2.24, 2.45) is 0 Å². The van der Waals surface area contributed by atoms with Crippen molar-refractivity contribution >= 4 is 17.4 Å². The van der Waals surface area contributed by atoms with Gasteiger partial charge in [-0.1, -0.05) is 17.7 Å². The molecule has 5 heteroatoms.